The number of aliphatic hydroxyl groups is 1. The van der Waals surface area contributed by atoms with Crippen LogP contribution in [0, 0.1) is 5.92 Å². The van der Waals surface area contributed by atoms with Gasteiger partial charge in [0, 0.05) is 56.8 Å². The highest BCUT2D eigenvalue weighted by atomic mass is 16.3. The van der Waals surface area contributed by atoms with Crippen LogP contribution in [0.25, 0.3) is 0 Å². The zero-order valence-electron chi connectivity index (χ0n) is 17.7. The number of hydrogen-bond donors (Lipinski definition) is 2. The highest BCUT2D eigenvalue weighted by molar-refractivity contribution is 5.76. The van der Waals surface area contributed by atoms with E-state index in [0.29, 0.717) is 31.3 Å². The van der Waals surface area contributed by atoms with E-state index in [1.165, 1.54) is 0 Å². The second-order valence-corrected chi connectivity index (χ2v) is 9.97. The Hall–Kier alpha value is -0.690. The van der Waals surface area contributed by atoms with Crippen molar-refractivity contribution in [3.05, 3.63) is 0 Å². The third-order valence-electron chi connectivity index (χ3n) is 5.51. The maximum atomic E-state index is 12.8. The molecule has 2 saturated heterocycles. The van der Waals surface area contributed by atoms with Crippen molar-refractivity contribution in [1.82, 2.24) is 20.0 Å². The van der Waals surface area contributed by atoms with Crippen LogP contribution in [0.5, 0.6) is 0 Å². The van der Waals surface area contributed by atoms with Gasteiger partial charge in [-0.25, -0.2) is 0 Å². The molecule has 2 aliphatic rings. The van der Waals surface area contributed by atoms with Crippen molar-refractivity contribution in [2.75, 3.05) is 53.4 Å². The summed E-state index contributed by atoms with van der Waals surface area (Å²) in [5.74, 6) is 0.755. The molecule has 26 heavy (non-hydrogen) atoms. The van der Waals surface area contributed by atoms with E-state index >= 15 is 0 Å². The smallest absolute Gasteiger partial charge is 0.222 e. The van der Waals surface area contributed by atoms with E-state index < -0.39 is 0 Å². The highest BCUT2D eigenvalue weighted by Gasteiger charge is 2.38. The Balaban J connectivity index is 1.78. The maximum Gasteiger partial charge on any atom is 0.222 e. The summed E-state index contributed by atoms with van der Waals surface area (Å²) in [4.78, 5) is 19.1. The number of β-amino-alcohol motifs (C(OH)–C–C–N with tert-alkyl or cyclic N) is 1. The van der Waals surface area contributed by atoms with Gasteiger partial charge in [0.2, 0.25) is 5.91 Å². The van der Waals surface area contributed by atoms with Crippen molar-refractivity contribution in [1.29, 1.82) is 0 Å². The van der Waals surface area contributed by atoms with Gasteiger partial charge in [-0.2, -0.15) is 0 Å². The van der Waals surface area contributed by atoms with Gasteiger partial charge < -0.3 is 20.2 Å². The number of nitrogens with zero attached hydrogens (tertiary/aromatic N) is 3. The molecular formula is C20H40N4O2. The number of carbonyl (C=O) groups excluding carboxylic acids is 1. The van der Waals surface area contributed by atoms with Gasteiger partial charge in [-0.05, 0) is 60.5 Å². The molecule has 0 saturated carbocycles. The Kier molecular flexibility index (Phi) is 7.10. The first-order valence-electron chi connectivity index (χ1n) is 10.1. The summed E-state index contributed by atoms with van der Waals surface area (Å²) >= 11 is 0. The third-order valence-corrected chi connectivity index (χ3v) is 5.51. The normalized spacial score (nSPS) is 25.5. The molecule has 1 unspecified atom stereocenters. The van der Waals surface area contributed by atoms with Crippen LogP contribution in [0.4, 0.5) is 0 Å². The second kappa shape index (κ2) is 8.55. The van der Waals surface area contributed by atoms with Crippen LogP contribution in [0.15, 0.2) is 0 Å². The van der Waals surface area contributed by atoms with Crippen LogP contribution in [-0.4, -0.2) is 96.3 Å². The molecule has 0 aromatic heterocycles. The number of rotatable bonds is 6. The molecule has 0 aromatic rings. The maximum absolute atomic E-state index is 12.8. The van der Waals surface area contributed by atoms with Gasteiger partial charge in [0.05, 0.1) is 6.10 Å². The quantitative estimate of drug-likeness (QED) is 0.733. The van der Waals surface area contributed by atoms with E-state index in [2.05, 4.69) is 37.9 Å². The first kappa shape index (κ1) is 21.6. The van der Waals surface area contributed by atoms with Crippen LogP contribution >= 0.6 is 0 Å². The molecule has 6 nitrogen and oxygen atoms in total. The average molecular weight is 369 g/mol. The molecule has 1 amide bonds. The number of likely N-dealkylation sites (N-methyl/N-ethyl adjacent to an activating group) is 1. The minimum atomic E-state index is -0.327. The molecule has 0 radical (unpaired) electrons. The zero-order chi connectivity index (χ0) is 19.5. The monoisotopic (exact) mass is 368 g/mol. The van der Waals surface area contributed by atoms with Crippen LogP contribution in [-0.2, 0) is 4.79 Å². The second-order valence-electron chi connectivity index (χ2n) is 9.97. The number of carbonyl (C=O) groups is 1. The number of piperidine rings is 1. The van der Waals surface area contributed by atoms with Gasteiger partial charge >= 0.3 is 0 Å². The lowest BCUT2D eigenvalue weighted by atomic mass is 9.74. The molecule has 2 rings (SSSR count). The van der Waals surface area contributed by atoms with E-state index in [-0.39, 0.29) is 17.2 Å². The summed E-state index contributed by atoms with van der Waals surface area (Å²) < 4.78 is 0. The summed E-state index contributed by atoms with van der Waals surface area (Å²) in [6.07, 6.45) is 2.45. The van der Waals surface area contributed by atoms with Gasteiger partial charge in [-0.15, -0.1) is 0 Å². The minimum absolute atomic E-state index is 0.0912. The van der Waals surface area contributed by atoms with E-state index in [4.69, 9.17) is 0 Å². The standard InChI is InChI=1S/C20H40N4O2/c1-19(2)12-16(13-20(3,4)21-19)11-18(26)24-9-7-23(8-10-24)15-17(25)14-22(5)6/h16-17,21,25H,7-15H2,1-6H3. The van der Waals surface area contributed by atoms with Gasteiger partial charge in [-0.3, -0.25) is 9.69 Å². The van der Waals surface area contributed by atoms with Crippen molar-refractivity contribution in [3.8, 4) is 0 Å². The predicted octanol–water partition coefficient (Wildman–Crippen LogP) is 1.00. The van der Waals surface area contributed by atoms with Crippen LogP contribution in [0.3, 0.4) is 0 Å². The fourth-order valence-electron chi connectivity index (χ4n) is 5.01. The Morgan fingerprint density at radius 1 is 1.12 bits per heavy atom. The van der Waals surface area contributed by atoms with Gasteiger partial charge in [0.1, 0.15) is 0 Å². The summed E-state index contributed by atoms with van der Waals surface area (Å²) in [6, 6.07) is 0. The lowest BCUT2D eigenvalue weighted by Gasteiger charge is -2.47. The average Bonchev–Trinajstić information content (AvgIpc) is 2.43. The van der Waals surface area contributed by atoms with Crippen LogP contribution in [0.2, 0.25) is 0 Å². The summed E-state index contributed by atoms with van der Waals surface area (Å²) in [6.45, 7) is 13.6. The molecular weight excluding hydrogens is 328 g/mol. The van der Waals surface area contributed by atoms with Crippen molar-refractivity contribution >= 4 is 5.91 Å². The van der Waals surface area contributed by atoms with Crippen molar-refractivity contribution in [2.24, 2.45) is 5.92 Å². The van der Waals surface area contributed by atoms with Crippen LogP contribution < -0.4 is 5.32 Å². The number of nitrogens with one attached hydrogen (secondary N) is 1. The predicted molar refractivity (Wildman–Crippen MR) is 106 cm³/mol. The molecule has 0 aliphatic carbocycles. The molecule has 2 fully saturated rings. The molecule has 2 aliphatic heterocycles. The first-order valence-corrected chi connectivity index (χ1v) is 10.1. The van der Waals surface area contributed by atoms with E-state index in [1.54, 1.807) is 0 Å². The number of aliphatic hydroxyl groups excluding tert-OH is 1. The Morgan fingerprint density at radius 2 is 1.65 bits per heavy atom. The number of piperazine rings is 1. The molecule has 2 N–H and O–H groups in total. The Bertz CT molecular complexity index is 454. The van der Waals surface area contributed by atoms with E-state index in [0.717, 1.165) is 39.0 Å². The largest absolute Gasteiger partial charge is 0.390 e. The van der Waals surface area contributed by atoms with Gasteiger partial charge in [0.15, 0.2) is 0 Å². The Labute approximate surface area is 159 Å². The summed E-state index contributed by atoms with van der Waals surface area (Å²) in [5, 5.41) is 13.8. The molecule has 6 heteroatoms. The van der Waals surface area contributed by atoms with Crippen molar-refractivity contribution < 1.29 is 9.90 Å². The third kappa shape index (κ3) is 6.80. The molecule has 152 valence electrons. The zero-order valence-corrected chi connectivity index (χ0v) is 17.7. The molecule has 0 bridgehead atoms. The first-order chi connectivity index (χ1) is 12.0. The van der Waals surface area contributed by atoms with Crippen molar-refractivity contribution in [2.45, 2.75) is 64.1 Å². The van der Waals surface area contributed by atoms with E-state index in [9.17, 15) is 9.90 Å². The lowest BCUT2D eigenvalue weighted by molar-refractivity contribution is -0.134. The highest BCUT2D eigenvalue weighted by Crippen LogP contribution is 2.34. The molecule has 1 atom stereocenters. The van der Waals surface area contributed by atoms with Crippen molar-refractivity contribution in [3.63, 3.8) is 0 Å². The van der Waals surface area contributed by atoms with Gasteiger partial charge in [-0.1, -0.05) is 0 Å². The fraction of sp³-hybridized carbons (Fsp3) is 0.950. The molecule has 0 spiro atoms. The number of hydrogen-bond acceptors (Lipinski definition) is 5. The summed E-state index contributed by atoms with van der Waals surface area (Å²) in [5.41, 5.74) is 0.182. The van der Waals surface area contributed by atoms with Gasteiger partial charge in [0.25, 0.3) is 0 Å². The topological polar surface area (TPSA) is 59.1 Å². The molecule has 0 aromatic carbocycles. The fourth-order valence-corrected chi connectivity index (χ4v) is 5.01. The summed E-state index contributed by atoms with van der Waals surface area (Å²) in [7, 11) is 3.95. The SMILES string of the molecule is CN(C)CC(O)CN1CCN(C(=O)CC2CC(C)(C)NC(C)(C)C2)CC1. The van der Waals surface area contributed by atoms with E-state index in [1.807, 2.05) is 23.9 Å². The number of amides is 1. The minimum Gasteiger partial charge on any atom is -0.390 e. The van der Waals surface area contributed by atoms with Crippen LogP contribution in [0.1, 0.15) is 47.0 Å². The Morgan fingerprint density at radius 3 is 2.15 bits per heavy atom. The lowest BCUT2D eigenvalue weighted by Crippen LogP contribution is -2.58. The molecule has 2 heterocycles.